The number of nitrogens with zero attached hydrogens (tertiary/aromatic N) is 3. The Morgan fingerprint density at radius 2 is 2.13 bits per heavy atom. The quantitative estimate of drug-likeness (QED) is 0.779. The van der Waals surface area contributed by atoms with Crippen LogP contribution in [0.3, 0.4) is 0 Å². The van der Waals surface area contributed by atoms with Gasteiger partial charge < -0.3 is 9.84 Å². The number of nitrogens with one attached hydrogen (secondary N) is 1. The molecule has 23 heavy (non-hydrogen) atoms. The number of hydrogen-bond donors (Lipinski definition) is 1. The summed E-state index contributed by atoms with van der Waals surface area (Å²) in [7, 11) is 0. The van der Waals surface area contributed by atoms with Gasteiger partial charge in [0.15, 0.2) is 0 Å². The van der Waals surface area contributed by atoms with E-state index >= 15 is 0 Å². The van der Waals surface area contributed by atoms with Crippen LogP contribution >= 0.6 is 11.3 Å². The molecule has 0 saturated heterocycles. The fourth-order valence-corrected chi connectivity index (χ4v) is 2.94. The monoisotopic (exact) mass is 328 g/mol. The normalized spacial score (nSPS) is 10.7. The van der Waals surface area contributed by atoms with Crippen LogP contribution in [0.1, 0.15) is 22.7 Å². The van der Waals surface area contributed by atoms with Crippen molar-refractivity contribution in [1.82, 2.24) is 20.4 Å². The molecule has 6 nitrogen and oxygen atoms in total. The van der Waals surface area contributed by atoms with Crippen molar-refractivity contribution in [2.24, 2.45) is 0 Å². The Labute approximate surface area is 137 Å². The predicted octanol–water partition coefficient (Wildman–Crippen LogP) is 2.67. The van der Waals surface area contributed by atoms with Crippen molar-refractivity contribution in [3.05, 3.63) is 51.9 Å². The Kier molecular flexibility index (Phi) is 4.47. The molecule has 0 atom stereocenters. The van der Waals surface area contributed by atoms with E-state index in [1.165, 1.54) is 0 Å². The van der Waals surface area contributed by atoms with E-state index in [-0.39, 0.29) is 12.3 Å². The van der Waals surface area contributed by atoms with Crippen LogP contribution in [-0.2, 0) is 17.8 Å². The van der Waals surface area contributed by atoms with Gasteiger partial charge >= 0.3 is 0 Å². The number of hydrogen-bond acceptors (Lipinski definition) is 6. The second kappa shape index (κ2) is 6.70. The minimum Gasteiger partial charge on any atom is -0.361 e. The van der Waals surface area contributed by atoms with Gasteiger partial charge in [-0.1, -0.05) is 5.16 Å². The highest BCUT2D eigenvalue weighted by atomic mass is 32.1. The molecule has 0 unspecified atom stereocenters. The summed E-state index contributed by atoms with van der Waals surface area (Å²) in [5, 5.41) is 10.7. The van der Waals surface area contributed by atoms with Crippen molar-refractivity contribution in [1.29, 1.82) is 0 Å². The topological polar surface area (TPSA) is 80.9 Å². The summed E-state index contributed by atoms with van der Waals surface area (Å²) in [4.78, 5) is 20.9. The average molecular weight is 328 g/mol. The van der Waals surface area contributed by atoms with Crippen molar-refractivity contribution in [2.75, 3.05) is 0 Å². The SMILES string of the molecule is Cc1noc(C)c1CC(=O)NCc1nccnc1-c1ccsc1. The lowest BCUT2D eigenvalue weighted by atomic mass is 10.1. The van der Waals surface area contributed by atoms with Gasteiger partial charge in [0.25, 0.3) is 0 Å². The highest BCUT2D eigenvalue weighted by molar-refractivity contribution is 7.08. The summed E-state index contributed by atoms with van der Waals surface area (Å²) >= 11 is 1.60. The molecule has 3 aromatic rings. The van der Waals surface area contributed by atoms with Crippen LogP contribution in [0.5, 0.6) is 0 Å². The summed E-state index contributed by atoms with van der Waals surface area (Å²) in [6.07, 6.45) is 3.53. The molecule has 0 saturated carbocycles. The Morgan fingerprint density at radius 3 is 2.83 bits per heavy atom. The standard InChI is InChI=1S/C16H16N4O2S/c1-10-13(11(2)22-20-10)7-15(21)19-8-14-16(18-5-4-17-14)12-3-6-23-9-12/h3-6,9H,7-8H2,1-2H3,(H,19,21). The summed E-state index contributed by atoms with van der Waals surface area (Å²) in [5.41, 5.74) is 4.14. The van der Waals surface area contributed by atoms with Gasteiger partial charge in [-0.15, -0.1) is 0 Å². The highest BCUT2D eigenvalue weighted by Gasteiger charge is 2.14. The smallest absolute Gasteiger partial charge is 0.224 e. The molecule has 0 bridgehead atoms. The lowest BCUT2D eigenvalue weighted by molar-refractivity contribution is -0.120. The number of thiophene rings is 1. The van der Waals surface area contributed by atoms with Gasteiger partial charge in [-0.05, 0) is 25.3 Å². The molecule has 118 valence electrons. The van der Waals surface area contributed by atoms with E-state index in [1.807, 2.05) is 23.8 Å². The molecule has 1 N–H and O–H groups in total. The van der Waals surface area contributed by atoms with Crippen LogP contribution in [0.15, 0.2) is 33.7 Å². The van der Waals surface area contributed by atoms with Crippen LogP contribution in [0.4, 0.5) is 0 Å². The zero-order valence-electron chi connectivity index (χ0n) is 12.9. The van der Waals surface area contributed by atoms with Crippen molar-refractivity contribution >= 4 is 17.2 Å². The predicted molar refractivity (Wildman–Crippen MR) is 86.9 cm³/mol. The second-order valence-electron chi connectivity index (χ2n) is 5.12. The number of rotatable bonds is 5. The molecular weight excluding hydrogens is 312 g/mol. The number of amides is 1. The summed E-state index contributed by atoms with van der Waals surface area (Å²) in [6, 6.07) is 1.99. The molecule has 3 rings (SSSR count). The van der Waals surface area contributed by atoms with E-state index in [0.717, 1.165) is 28.2 Å². The van der Waals surface area contributed by atoms with Gasteiger partial charge in [-0.25, -0.2) is 0 Å². The van der Waals surface area contributed by atoms with Crippen molar-refractivity contribution in [3.8, 4) is 11.3 Å². The molecule has 0 aromatic carbocycles. The van der Waals surface area contributed by atoms with Crippen LogP contribution in [0.2, 0.25) is 0 Å². The van der Waals surface area contributed by atoms with Gasteiger partial charge in [0.2, 0.25) is 5.91 Å². The Hall–Kier alpha value is -2.54. The molecule has 0 radical (unpaired) electrons. The Morgan fingerprint density at radius 1 is 1.30 bits per heavy atom. The first kappa shape index (κ1) is 15.4. The summed E-state index contributed by atoms with van der Waals surface area (Å²) in [5.74, 6) is 0.581. The minimum absolute atomic E-state index is 0.0960. The first-order valence-electron chi connectivity index (χ1n) is 7.16. The van der Waals surface area contributed by atoms with E-state index in [1.54, 1.807) is 30.7 Å². The van der Waals surface area contributed by atoms with Crippen molar-refractivity contribution in [3.63, 3.8) is 0 Å². The maximum absolute atomic E-state index is 12.2. The van der Waals surface area contributed by atoms with Gasteiger partial charge in [-0.2, -0.15) is 11.3 Å². The lowest BCUT2D eigenvalue weighted by Gasteiger charge is -2.08. The van der Waals surface area contributed by atoms with E-state index in [0.29, 0.717) is 12.3 Å². The molecule has 7 heteroatoms. The zero-order chi connectivity index (χ0) is 16.2. The van der Waals surface area contributed by atoms with E-state index < -0.39 is 0 Å². The third-order valence-electron chi connectivity index (χ3n) is 3.54. The summed E-state index contributed by atoms with van der Waals surface area (Å²) < 4.78 is 5.08. The second-order valence-corrected chi connectivity index (χ2v) is 5.90. The fraction of sp³-hybridized carbons (Fsp3) is 0.250. The molecule has 0 fully saturated rings. The van der Waals surface area contributed by atoms with Crippen LogP contribution in [-0.4, -0.2) is 21.0 Å². The number of carbonyl (C=O) groups excluding carboxylic acids is 1. The van der Waals surface area contributed by atoms with Gasteiger partial charge in [0.05, 0.1) is 30.0 Å². The van der Waals surface area contributed by atoms with Gasteiger partial charge in [0.1, 0.15) is 5.76 Å². The van der Waals surface area contributed by atoms with Gasteiger partial charge in [-0.3, -0.25) is 14.8 Å². The molecule has 0 aliphatic rings. The highest BCUT2D eigenvalue weighted by Crippen LogP contribution is 2.22. The van der Waals surface area contributed by atoms with Crippen LogP contribution in [0.25, 0.3) is 11.3 Å². The van der Waals surface area contributed by atoms with Crippen molar-refractivity contribution in [2.45, 2.75) is 26.8 Å². The molecule has 0 aliphatic heterocycles. The molecule has 0 spiro atoms. The molecule has 1 amide bonds. The van der Waals surface area contributed by atoms with Gasteiger partial charge in [0, 0.05) is 28.9 Å². The number of carbonyl (C=O) groups is 1. The fourth-order valence-electron chi connectivity index (χ4n) is 2.30. The average Bonchev–Trinajstić information content (AvgIpc) is 3.19. The van der Waals surface area contributed by atoms with Crippen molar-refractivity contribution < 1.29 is 9.32 Å². The number of aryl methyl sites for hydroxylation is 2. The molecule has 3 heterocycles. The molecule has 0 aliphatic carbocycles. The maximum Gasteiger partial charge on any atom is 0.224 e. The maximum atomic E-state index is 12.2. The first-order chi connectivity index (χ1) is 11.1. The third-order valence-corrected chi connectivity index (χ3v) is 4.22. The zero-order valence-corrected chi connectivity index (χ0v) is 13.7. The van der Waals surface area contributed by atoms with E-state index in [4.69, 9.17) is 4.52 Å². The number of aromatic nitrogens is 3. The van der Waals surface area contributed by atoms with Crippen LogP contribution in [0, 0.1) is 13.8 Å². The Balaban J connectivity index is 1.68. The Bertz CT molecular complexity index is 792. The van der Waals surface area contributed by atoms with E-state index in [2.05, 4.69) is 20.4 Å². The first-order valence-corrected chi connectivity index (χ1v) is 8.10. The summed E-state index contributed by atoms with van der Waals surface area (Å²) in [6.45, 7) is 3.97. The molecule has 3 aromatic heterocycles. The molecular formula is C16H16N4O2S. The minimum atomic E-state index is -0.0960. The third kappa shape index (κ3) is 3.45. The lowest BCUT2D eigenvalue weighted by Crippen LogP contribution is -2.25. The van der Waals surface area contributed by atoms with E-state index in [9.17, 15) is 4.79 Å². The largest absolute Gasteiger partial charge is 0.361 e. The van der Waals surface area contributed by atoms with Crippen LogP contribution < -0.4 is 5.32 Å².